The third-order valence-electron chi connectivity index (χ3n) is 3.47. The molecule has 2 heterocycles. The lowest BCUT2D eigenvalue weighted by molar-refractivity contribution is 0.179. The third-order valence-corrected chi connectivity index (χ3v) is 4.67. The van der Waals surface area contributed by atoms with Gasteiger partial charge in [-0.05, 0) is 25.9 Å². The normalized spacial score (nSPS) is 16.2. The molecule has 1 aromatic rings. The maximum absolute atomic E-state index is 9.33. The van der Waals surface area contributed by atoms with Crippen LogP contribution in [-0.2, 0) is 18.0 Å². The number of likely N-dealkylation sites (tertiary alicyclic amines) is 1. The average molecular weight is 285 g/mol. The highest BCUT2D eigenvalue weighted by atomic mass is 32.1. The summed E-state index contributed by atoms with van der Waals surface area (Å²) in [6.07, 6.45) is 2.65. The number of anilines is 1. The van der Waals surface area contributed by atoms with E-state index >= 15 is 0 Å². The first-order valence-corrected chi connectivity index (χ1v) is 7.58. The quantitative estimate of drug-likeness (QED) is 0.818. The second kappa shape index (κ2) is 7.19. The monoisotopic (exact) mass is 285 g/mol. The van der Waals surface area contributed by atoms with Gasteiger partial charge in [-0.2, -0.15) is 0 Å². The van der Waals surface area contributed by atoms with E-state index in [0.717, 1.165) is 28.8 Å². The van der Waals surface area contributed by atoms with E-state index in [-0.39, 0.29) is 6.61 Å². The van der Waals surface area contributed by atoms with Crippen LogP contribution in [0, 0.1) is 0 Å². The van der Waals surface area contributed by atoms with Crippen molar-refractivity contribution in [3.8, 4) is 0 Å². The standard InChI is InChI=1S/C13H23N3O2S/c1-15(7-8-16-5-3-4-6-16)13-14-11(10-18-2)12(9-17)19-13/h17H,3-10H2,1-2H3. The maximum atomic E-state index is 9.33. The lowest BCUT2D eigenvalue weighted by atomic mass is 10.4. The van der Waals surface area contributed by atoms with Crippen LogP contribution in [0.4, 0.5) is 5.13 Å². The number of hydrogen-bond acceptors (Lipinski definition) is 6. The van der Waals surface area contributed by atoms with E-state index in [2.05, 4.69) is 21.8 Å². The summed E-state index contributed by atoms with van der Waals surface area (Å²) < 4.78 is 5.11. The van der Waals surface area contributed by atoms with Gasteiger partial charge in [0.15, 0.2) is 5.13 Å². The fourth-order valence-electron chi connectivity index (χ4n) is 2.30. The Morgan fingerprint density at radius 2 is 2.16 bits per heavy atom. The van der Waals surface area contributed by atoms with Gasteiger partial charge in [-0.3, -0.25) is 0 Å². The number of ether oxygens (including phenoxy) is 1. The van der Waals surface area contributed by atoms with Crippen LogP contribution in [0.2, 0.25) is 0 Å². The molecule has 1 aliphatic heterocycles. The molecule has 0 amide bonds. The van der Waals surface area contributed by atoms with Gasteiger partial charge in [-0.25, -0.2) is 4.98 Å². The van der Waals surface area contributed by atoms with Gasteiger partial charge in [0.1, 0.15) is 0 Å². The zero-order valence-electron chi connectivity index (χ0n) is 11.8. The number of methoxy groups -OCH3 is 1. The molecule has 1 saturated heterocycles. The van der Waals surface area contributed by atoms with Crippen molar-refractivity contribution in [2.24, 2.45) is 0 Å². The van der Waals surface area contributed by atoms with Crippen molar-refractivity contribution in [2.45, 2.75) is 26.1 Å². The summed E-state index contributed by atoms with van der Waals surface area (Å²) >= 11 is 1.56. The summed E-state index contributed by atoms with van der Waals surface area (Å²) in [6, 6.07) is 0. The van der Waals surface area contributed by atoms with Crippen LogP contribution < -0.4 is 4.90 Å². The number of nitrogens with zero attached hydrogens (tertiary/aromatic N) is 3. The van der Waals surface area contributed by atoms with E-state index in [4.69, 9.17) is 4.74 Å². The molecule has 0 saturated carbocycles. The van der Waals surface area contributed by atoms with E-state index in [1.54, 1.807) is 18.4 Å². The van der Waals surface area contributed by atoms with Crippen molar-refractivity contribution in [3.63, 3.8) is 0 Å². The second-order valence-electron chi connectivity index (χ2n) is 4.93. The molecule has 6 heteroatoms. The summed E-state index contributed by atoms with van der Waals surface area (Å²) in [5.41, 5.74) is 0.859. The maximum Gasteiger partial charge on any atom is 0.185 e. The van der Waals surface area contributed by atoms with Crippen molar-refractivity contribution >= 4 is 16.5 Å². The van der Waals surface area contributed by atoms with Crippen LogP contribution in [-0.4, -0.2) is 55.3 Å². The molecule has 0 aromatic carbocycles. The van der Waals surface area contributed by atoms with Gasteiger partial charge in [0.2, 0.25) is 0 Å². The lowest BCUT2D eigenvalue weighted by Gasteiger charge is -2.20. The van der Waals surface area contributed by atoms with Crippen LogP contribution in [0.5, 0.6) is 0 Å². The number of aliphatic hydroxyl groups is 1. The first-order valence-electron chi connectivity index (χ1n) is 6.76. The molecular weight excluding hydrogens is 262 g/mol. The fourth-order valence-corrected chi connectivity index (χ4v) is 3.21. The predicted molar refractivity (Wildman–Crippen MR) is 77.7 cm³/mol. The predicted octanol–water partition coefficient (Wildman–Crippen LogP) is 1.31. The minimum absolute atomic E-state index is 0.0380. The van der Waals surface area contributed by atoms with E-state index in [0.29, 0.717) is 6.61 Å². The Hall–Kier alpha value is -0.690. The molecule has 1 aromatic heterocycles. The van der Waals surface area contributed by atoms with Gasteiger partial charge in [-0.1, -0.05) is 11.3 Å². The summed E-state index contributed by atoms with van der Waals surface area (Å²) in [6.45, 7) is 5.02. The summed E-state index contributed by atoms with van der Waals surface area (Å²) in [4.78, 5) is 10.1. The first-order chi connectivity index (χ1) is 9.24. The van der Waals surface area contributed by atoms with Crippen molar-refractivity contribution in [1.29, 1.82) is 0 Å². The van der Waals surface area contributed by atoms with Gasteiger partial charge in [0, 0.05) is 27.2 Å². The van der Waals surface area contributed by atoms with Crippen molar-refractivity contribution in [2.75, 3.05) is 45.2 Å². The van der Waals surface area contributed by atoms with Gasteiger partial charge in [0.05, 0.1) is 23.8 Å². The van der Waals surface area contributed by atoms with Crippen molar-refractivity contribution in [1.82, 2.24) is 9.88 Å². The minimum atomic E-state index is 0.0380. The highest BCUT2D eigenvalue weighted by Crippen LogP contribution is 2.26. The Bertz CT molecular complexity index is 391. The molecule has 0 unspecified atom stereocenters. The molecule has 0 bridgehead atoms. The van der Waals surface area contributed by atoms with Gasteiger partial charge >= 0.3 is 0 Å². The molecule has 1 fully saturated rings. The number of hydrogen-bond donors (Lipinski definition) is 1. The van der Waals surface area contributed by atoms with Crippen LogP contribution in [0.15, 0.2) is 0 Å². The highest BCUT2D eigenvalue weighted by molar-refractivity contribution is 7.15. The van der Waals surface area contributed by atoms with E-state index < -0.39 is 0 Å². The van der Waals surface area contributed by atoms with Gasteiger partial charge in [0.25, 0.3) is 0 Å². The van der Waals surface area contributed by atoms with Crippen LogP contribution in [0.3, 0.4) is 0 Å². The number of likely N-dealkylation sites (N-methyl/N-ethyl adjacent to an activating group) is 1. The molecule has 0 radical (unpaired) electrons. The number of aromatic nitrogens is 1. The van der Waals surface area contributed by atoms with Crippen molar-refractivity contribution in [3.05, 3.63) is 10.6 Å². The Balaban J connectivity index is 1.91. The second-order valence-corrected chi connectivity index (χ2v) is 5.99. The highest BCUT2D eigenvalue weighted by Gasteiger charge is 2.15. The Morgan fingerprint density at radius 1 is 1.42 bits per heavy atom. The first kappa shape index (κ1) is 14.7. The third kappa shape index (κ3) is 3.89. The molecule has 1 N–H and O–H groups in total. The van der Waals surface area contributed by atoms with Crippen molar-refractivity contribution < 1.29 is 9.84 Å². The Morgan fingerprint density at radius 3 is 2.79 bits per heavy atom. The molecule has 0 spiro atoms. The molecule has 19 heavy (non-hydrogen) atoms. The smallest absolute Gasteiger partial charge is 0.185 e. The fraction of sp³-hybridized carbons (Fsp3) is 0.769. The average Bonchev–Trinajstić information content (AvgIpc) is 3.05. The van der Waals surface area contributed by atoms with Crippen LogP contribution in [0.25, 0.3) is 0 Å². The lowest BCUT2D eigenvalue weighted by Crippen LogP contribution is -2.31. The zero-order chi connectivity index (χ0) is 13.7. The van der Waals surface area contributed by atoms with E-state index in [9.17, 15) is 5.11 Å². The Labute approximate surface area is 118 Å². The summed E-state index contributed by atoms with van der Waals surface area (Å²) in [5.74, 6) is 0. The molecule has 0 aliphatic carbocycles. The molecular formula is C13H23N3O2S. The topological polar surface area (TPSA) is 48.8 Å². The molecule has 0 atom stereocenters. The van der Waals surface area contributed by atoms with Gasteiger partial charge < -0.3 is 19.6 Å². The summed E-state index contributed by atoms with van der Waals surface area (Å²) in [7, 11) is 3.71. The van der Waals surface area contributed by atoms with Crippen LogP contribution >= 0.6 is 11.3 Å². The molecule has 5 nitrogen and oxygen atoms in total. The summed E-state index contributed by atoms with van der Waals surface area (Å²) in [5, 5.41) is 10.3. The number of aliphatic hydroxyl groups excluding tert-OH is 1. The number of thiazole rings is 1. The Kier molecular flexibility index (Phi) is 5.57. The molecule has 2 rings (SSSR count). The van der Waals surface area contributed by atoms with Gasteiger partial charge in [-0.15, -0.1) is 0 Å². The largest absolute Gasteiger partial charge is 0.391 e. The van der Waals surface area contributed by atoms with Crippen LogP contribution in [0.1, 0.15) is 23.4 Å². The van der Waals surface area contributed by atoms with E-state index in [1.165, 1.54) is 25.9 Å². The molecule has 108 valence electrons. The SMILES string of the molecule is COCc1nc(N(C)CCN2CCCC2)sc1CO. The van der Waals surface area contributed by atoms with E-state index in [1.807, 2.05) is 0 Å². The molecule has 1 aliphatic rings. The zero-order valence-corrected chi connectivity index (χ0v) is 12.6. The minimum Gasteiger partial charge on any atom is -0.391 e. The number of rotatable bonds is 7.